The molecule has 0 heterocycles. The van der Waals surface area contributed by atoms with Crippen LogP contribution in [0.15, 0.2) is 24.3 Å². The van der Waals surface area contributed by atoms with Crippen molar-refractivity contribution < 1.29 is 9.90 Å². The van der Waals surface area contributed by atoms with Gasteiger partial charge in [-0.15, -0.1) is 0 Å². The molecule has 0 spiro atoms. The van der Waals surface area contributed by atoms with Crippen molar-refractivity contribution in [2.45, 2.75) is 39.5 Å². The number of phenolic OH excluding ortho intramolecular Hbond substituents is 1. The lowest BCUT2D eigenvalue weighted by molar-refractivity contribution is -0.120. The Bertz CT molecular complexity index is 363. The van der Waals surface area contributed by atoms with Crippen LogP contribution in [0.25, 0.3) is 0 Å². The topological polar surface area (TPSA) is 49.3 Å². The smallest absolute Gasteiger partial charge is 0.227 e. The molecule has 0 unspecified atom stereocenters. The summed E-state index contributed by atoms with van der Waals surface area (Å²) in [6.45, 7) is 4.14. The van der Waals surface area contributed by atoms with Crippen LogP contribution >= 0.6 is 0 Å². The molecule has 1 aromatic carbocycles. The normalized spacial score (nSPS) is 12.1. The van der Waals surface area contributed by atoms with Crippen molar-refractivity contribution in [3.63, 3.8) is 0 Å². The predicted molar refractivity (Wildman–Crippen MR) is 70.0 cm³/mol. The van der Waals surface area contributed by atoms with E-state index < -0.39 is 0 Å². The summed E-state index contributed by atoms with van der Waals surface area (Å²) in [7, 11) is 0. The van der Waals surface area contributed by atoms with Gasteiger partial charge < -0.3 is 10.4 Å². The summed E-state index contributed by atoms with van der Waals surface area (Å²) < 4.78 is 0. The lowest BCUT2D eigenvalue weighted by atomic mass is 9.98. The van der Waals surface area contributed by atoms with Crippen LogP contribution in [0.2, 0.25) is 0 Å². The van der Waals surface area contributed by atoms with E-state index in [-0.39, 0.29) is 17.6 Å². The Hall–Kier alpha value is -1.51. The summed E-state index contributed by atoms with van der Waals surface area (Å²) in [5.41, 5.74) is 0.493. The number of benzene rings is 1. The number of rotatable bonds is 6. The maximum atomic E-state index is 12.0. The molecule has 0 aliphatic carbocycles. The zero-order valence-electron chi connectivity index (χ0n) is 10.6. The second-order valence-electron chi connectivity index (χ2n) is 4.25. The number of anilines is 1. The van der Waals surface area contributed by atoms with Crippen molar-refractivity contribution >= 4 is 11.6 Å². The summed E-state index contributed by atoms with van der Waals surface area (Å²) in [5.74, 6) is 0.156. The molecule has 2 N–H and O–H groups in total. The Balaban J connectivity index is 2.61. The zero-order valence-corrected chi connectivity index (χ0v) is 10.6. The minimum absolute atomic E-state index is 0.00227. The number of hydrogen-bond acceptors (Lipinski definition) is 2. The number of phenols is 1. The fourth-order valence-corrected chi connectivity index (χ4v) is 1.79. The molecule has 0 aromatic heterocycles. The Morgan fingerprint density at radius 1 is 1.35 bits per heavy atom. The van der Waals surface area contributed by atoms with E-state index in [2.05, 4.69) is 12.2 Å². The molecule has 0 radical (unpaired) electrons. The Labute approximate surface area is 103 Å². The van der Waals surface area contributed by atoms with E-state index in [0.717, 1.165) is 25.7 Å². The van der Waals surface area contributed by atoms with Crippen LogP contribution in [-0.4, -0.2) is 11.0 Å². The minimum atomic E-state index is 0.00227. The molecule has 3 nitrogen and oxygen atoms in total. The van der Waals surface area contributed by atoms with Gasteiger partial charge in [0.15, 0.2) is 0 Å². The Morgan fingerprint density at radius 2 is 2.06 bits per heavy atom. The van der Waals surface area contributed by atoms with E-state index in [1.807, 2.05) is 6.92 Å². The molecule has 0 fully saturated rings. The molecule has 0 saturated heterocycles. The van der Waals surface area contributed by atoms with Gasteiger partial charge in [0.1, 0.15) is 5.75 Å². The molecule has 1 rings (SSSR count). The number of para-hydroxylation sites is 2. The van der Waals surface area contributed by atoms with Gasteiger partial charge in [-0.1, -0.05) is 38.8 Å². The third-order valence-corrected chi connectivity index (χ3v) is 2.93. The molecule has 1 atom stereocenters. The van der Waals surface area contributed by atoms with Crippen LogP contribution in [0.5, 0.6) is 5.75 Å². The van der Waals surface area contributed by atoms with E-state index in [1.165, 1.54) is 0 Å². The van der Waals surface area contributed by atoms with Crippen molar-refractivity contribution in [1.29, 1.82) is 0 Å². The van der Waals surface area contributed by atoms with Crippen molar-refractivity contribution in [2.24, 2.45) is 5.92 Å². The van der Waals surface area contributed by atoms with E-state index in [1.54, 1.807) is 24.3 Å². The lowest BCUT2D eigenvalue weighted by Gasteiger charge is -2.15. The molecule has 3 heteroatoms. The summed E-state index contributed by atoms with van der Waals surface area (Å²) in [6.07, 6.45) is 3.90. The van der Waals surface area contributed by atoms with Gasteiger partial charge >= 0.3 is 0 Å². The minimum Gasteiger partial charge on any atom is -0.506 e. The maximum absolute atomic E-state index is 12.0. The molecule has 0 aliphatic heterocycles. The van der Waals surface area contributed by atoms with Gasteiger partial charge in [0.2, 0.25) is 5.91 Å². The molecular formula is C14H21NO2. The molecule has 17 heavy (non-hydrogen) atoms. The van der Waals surface area contributed by atoms with Gasteiger partial charge in [-0.3, -0.25) is 4.79 Å². The number of carbonyl (C=O) groups excluding carboxylic acids is 1. The van der Waals surface area contributed by atoms with Crippen molar-refractivity contribution in [3.05, 3.63) is 24.3 Å². The number of aromatic hydroxyl groups is 1. The molecule has 0 bridgehead atoms. The van der Waals surface area contributed by atoms with Gasteiger partial charge in [-0.25, -0.2) is 0 Å². The lowest BCUT2D eigenvalue weighted by Crippen LogP contribution is -2.22. The molecule has 0 saturated carbocycles. The maximum Gasteiger partial charge on any atom is 0.227 e. The molecular weight excluding hydrogens is 214 g/mol. The highest BCUT2D eigenvalue weighted by Gasteiger charge is 2.16. The number of amides is 1. The zero-order chi connectivity index (χ0) is 12.7. The molecule has 1 aromatic rings. The Morgan fingerprint density at radius 3 is 2.65 bits per heavy atom. The number of hydrogen-bond donors (Lipinski definition) is 2. The summed E-state index contributed by atoms with van der Waals surface area (Å²) >= 11 is 0. The fraction of sp³-hybridized carbons (Fsp3) is 0.500. The summed E-state index contributed by atoms with van der Waals surface area (Å²) in [4.78, 5) is 12.0. The van der Waals surface area contributed by atoms with Crippen molar-refractivity contribution in [1.82, 2.24) is 0 Å². The molecule has 0 aliphatic rings. The third kappa shape index (κ3) is 4.10. The second kappa shape index (κ2) is 6.94. The van der Waals surface area contributed by atoms with Crippen LogP contribution in [0.4, 0.5) is 5.69 Å². The average molecular weight is 235 g/mol. The van der Waals surface area contributed by atoms with Crippen molar-refractivity contribution in [2.75, 3.05) is 5.32 Å². The van der Waals surface area contributed by atoms with E-state index >= 15 is 0 Å². The molecule has 94 valence electrons. The number of nitrogens with one attached hydrogen (secondary N) is 1. The predicted octanol–water partition coefficient (Wildman–Crippen LogP) is 3.55. The van der Waals surface area contributed by atoms with Gasteiger partial charge in [0, 0.05) is 5.92 Å². The first-order chi connectivity index (χ1) is 8.19. The first kappa shape index (κ1) is 13.6. The van der Waals surface area contributed by atoms with E-state index in [9.17, 15) is 9.90 Å². The standard InChI is InChI=1S/C14H21NO2/c1-3-5-8-11(4-2)14(17)15-12-9-6-7-10-13(12)16/h6-7,9-11,16H,3-5,8H2,1-2H3,(H,15,17)/t11-/m0/s1. The first-order valence-corrected chi connectivity index (χ1v) is 6.27. The van der Waals surface area contributed by atoms with Crippen LogP contribution in [-0.2, 0) is 4.79 Å². The average Bonchev–Trinajstić information content (AvgIpc) is 2.33. The molecule has 1 amide bonds. The fourth-order valence-electron chi connectivity index (χ4n) is 1.79. The van der Waals surface area contributed by atoms with Gasteiger partial charge in [0.05, 0.1) is 5.69 Å². The quantitative estimate of drug-likeness (QED) is 0.741. The second-order valence-corrected chi connectivity index (χ2v) is 4.25. The van der Waals surface area contributed by atoms with Crippen molar-refractivity contribution in [3.8, 4) is 5.75 Å². The summed E-state index contributed by atoms with van der Waals surface area (Å²) in [5, 5.41) is 12.4. The van der Waals surface area contributed by atoms with Gasteiger partial charge in [-0.05, 0) is 25.0 Å². The monoisotopic (exact) mass is 235 g/mol. The summed E-state index contributed by atoms with van der Waals surface area (Å²) in [6, 6.07) is 6.81. The van der Waals surface area contributed by atoms with Crippen LogP contribution in [0.3, 0.4) is 0 Å². The highest BCUT2D eigenvalue weighted by atomic mass is 16.3. The Kier molecular flexibility index (Phi) is 5.53. The van der Waals surface area contributed by atoms with Gasteiger partial charge in [0.25, 0.3) is 0 Å². The largest absolute Gasteiger partial charge is 0.506 e. The number of carbonyl (C=O) groups is 1. The third-order valence-electron chi connectivity index (χ3n) is 2.93. The number of unbranched alkanes of at least 4 members (excludes halogenated alkanes) is 1. The highest BCUT2D eigenvalue weighted by Crippen LogP contribution is 2.23. The van der Waals surface area contributed by atoms with Crippen LogP contribution < -0.4 is 5.32 Å². The van der Waals surface area contributed by atoms with E-state index in [4.69, 9.17) is 0 Å². The highest BCUT2D eigenvalue weighted by molar-refractivity contribution is 5.93. The van der Waals surface area contributed by atoms with Gasteiger partial charge in [-0.2, -0.15) is 0 Å². The SMILES string of the molecule is CCCC[C@H](CC)C(=O)Nc1ccccc1O. The van der Waals surface area contributed by atoms with Crippen LogP contribution in [0.1, 0.15) is 39.5 Å². The van der Waals surface area contributed by atoms with E-state index in [0.29, 0.717) is 5.69 Å². The van der Waals surface area contributed by atoms with Crippen LogP contribution in [0, 0.1) is 5.92 Å². The first-order valence-electron chi connectivity index (χ1n) is 6.27.